The molecule has 136 valence electrons. The molecule has 0 radical (unpaired) electrons. The minimum atomic E-state index is -4.50. The molecule has 6 nitrogen and oxygen atoms in total. The van der Waals surface area contributed by atoms with E-state index in [-0.39, 0.29) is 49.0 Å². The normalized spacial score (nSPS) is 11.6. The van der Waals surface area contributed by atoms with Crippen LogP contribution in [0.4, 0.5) is 24.8 Å². The quantitative estimate of drug-likeness (QED) is 0.273. The van der Waals surface area contributed by atoms with E-state index < -0.39 is 11.9 Å². The summed E-state index contributed by atoms with van der Waals surface area (Å²) >= 11 is 0. The molecule has 0 bridgehead atoms. The Morgan fingerprint density at radius 2 is 1.88 bits per heavy atom. The summed E-state index contributed by atoms with van der Waals surface area (Å²) in [4.78, 5) is 11.2. The minimum Gasteiger partial charge on any atom is -0.370 e. The first kappa shape index (κ1) is 20.9. The van der Waals surface area contributed by atoms with Gasteiger partial charge in [-0.1, -0.05) is 17.7 Å². The van der Waals surface area contributed by atoms with E-state index in [4.69, 9.17) is 5.73 Å². The summed E-state index contributed by atoms with van der Waals surface area (Å²) < 4.78 is 37.6. The van der Waals surface area contributed by atoms with Crippen LogP contribution in [-0.4, -0.2) is 29.0 Å². The molecule has 1 heterocycles. The van der Waals surface area contributed by atoms with Crippen molar-refractivity contribution in [2.45, 2.75) is 13.1 Å². The molecule has 0 aliphatic heterocycles. The molecule has 0 saturated heterocycles. The van der Waals surface area contributed by atoms with Gasteiger partial charge in [-0.15, -0.1) is 24.0 Å². The molecule has 0 unspecified atom stereocenters. The van der Waals surface area contributed by atoms with E-state index in [0.29, 0.717) is 0 Å². The van der Waals surface area contributed by atoms with Crippen molar-refractivity contribution in [3.05, 3.63) is 47.8 Å². The number of nitrogens with two attached hydrogens (primary N) is 1. The van der Waals surface area contributed by atoms with Crippen molar-refractivity contribution in [2.24, 2.45) is 10.7 Å². The largest absolute Gasteiger partial charge is 0.433 e. The van der Waals surface area contributed by atoms with Crippen molar-refractivity contribution in [2.75, 3.05) is 23.7 Å². The van der Waals surface area contributed by atoms with E-state index in [2.05, 4.69) is 25.6 Å². The van der Waals surface area contributed by atoms with Gasteiger partial charge in [0.25, 0.3) is 0 Å². The van der Waals surface area contributed by atoms with Crippen molar-refractivity contribution >= 4 is 41.6 Å². The number of nitrogens with zero attached hydrogens (tertiary/aromatic N) is 3. The van der Waals surface area contributed by atoms with Crippen molar-refractivity contribution in [1.29, 1.82) is 0 Å². The molecule has 1 aromatic carbocycles. The number of guanidine groups is 1. The third-order valence-corrected chi connectivity index (χ3v) is 2.95. The molecule has 4 N–H and O–H groups in total. The molecule has 1 aromatic heterocycles. The molecular weight excluding hydrogens is 448 g/mol. The smallest absolute Gasteiger partial charge is 0.370 e. The van der Waals surface area contributed by atoms with Gasteiger partial charge in [-0.25, -0.2) is 9.97 Å². The van der Waals surface area contributed by atoms with E-state index >= 15 is 0 Å². The van der Waals surface area contributed by atoms with E-state index in [1.165, 1.54) is 0 Å². The predicted octanol–water partition coefficient (Wildman–Crippen LogP) is 3.26. The Morgan fingerprint density at radius 1 is 1.20 bits per heavy atom. The lowest BCUT2D eigenvalue weighted by Crippen LogP contribution is -2.24. The summed E-state index contributed by atoms with van der Waals surface area (Å²) in [6.45, 7) is 2.48. The maximum atomic E-state index is 12.5. The van der Waals surface area contributed by atoms with Crippen LogP contribution in [0.15, 0.2) is 41.5 Å². The molecule has 2 aromatic rings. The fourth-order valence-corrected chi connectivity index (χ4v) is 1.77. The van der Waals surface area contributed by atoms with Gasteiger partial charge >= 0.3 is 6.18 Å². The third-order valence-electron chi connectivity index (χ3n) is 2.95. The molecule has 25 heavy (non-hydrogen) atoms. The summed E-state index contributed by atoms with van der Waals surface area (Å²) in [5, 5.41) is 5.59. The summed E-state index contributed by atoms with van der Waals surface area (Å²) in [6, 6.07) is 8.41. The van der Waals surface area contributed by atoms with Crippen molar-refractivity contribution < 1.29 is 13.2 Å². The highest BCUT2D eigenvalue weighted by atomic mass is 127. The van der Waals surface area contributed by atoms with Crippen LogP contribution in [0.2, 0.25) is 0 Å². The maximum Gasteiger partial charge on any atom is 0.433 e. The SMILES string of the molecule is Cc1ccc(NC(N)=NCCNc2nccc(C(F)(F)F)n2)cc1.I. The molecule has 0 saturated carbocycles. The van der Waals surface area contributed by atoms with E-state index in [9.17, 15) is 13.2 Å². The Labute approximate surface area is 160 Å². The number of hydrogen-bond acceptors (Lipinski definition) is 4. The molecule has 0 atom stereocenters. The van der Waals surface area contributed by atoms with Gasteiger partial charge in [-0.2, -0.15) is 13.2 Å². The number of halogens is 4. The topological polar surface area (TPSA) is 88.2 Å². The van der Waals surface area contributed by atoms with Gasteiger partial charge in [0.2, 0.25) is 5.95 Å². The Bertz CT molecular complexity index is 703. The first-order valence-corrected chi connectivity index (χ1v) is 7.12. The zero-order valence-electron chi connectivity index (χ0n) is 13.3. The van der Waals surface area contributed by atoms with Gasteiger partial charge in [0.1, 0.15) is 5.69 Å². The lowest BCUT2D eigenvalue weighted by molar-refractivity contribution is -0.141. The Kier molecular flexibility index (Phi) is 7.87. The van der Waals surface area contributed by atoms with Crippen LogP contribution >= 0.6 is 24.0 Å². The molecular formula is C15H18F3IN6. The second-order valence-corrected chi connectivity index (χ2v) is 4.95. The van der Waals surface area contributed by atoms with Crippen LogP contribution in [0.25, 0.3) is 0 Å². The van der Waals surface area contributed by atoms with Gasteiger partial charge in [0, 0.05) is 18.4 Å². The summed E-state index contributed by atoms with van der Waals surface area (Å²) in [5.74, 6) is 0.107. The fourth-order valence-electron chi connectivity index (χ4n) is 1.77. The van der Waals surface area contributed by atoms with Gasteiger partial charge < -0.3 is 16.4 Å². The fraction of sp³-hybridized carbons (Fsp3) is 0.267. The Balaban J connectivity index is 0.00000312. The van der Waals surface area contributed by atoms with Crippen LogP contribution in [0.1, 0.15) is 11.3 Å². The molecule has 0 aliphatic carbocycles. The summed E-state index contributed by atoms with van der Waals surface area (Å²) in [5.41, 5.74) is 6.67. The number of aromatic nitrogens is 2. The predicted molar refractivity (Wildman–Crippen MR) is 102 cm³/mol. The number of benzene rings is 1. The van der Waals surface area contributed by atoms with Gasteiger partial charge in [-0.05, 0) is 25.1 Å². The highest BCUT2D eigenvalue weighted by molar-refractivity contribution is 14.0. The van der Waals surface area contributed by atoms with Crippen LogP contribution in [0, 0.1) is 6.92 Å². The van der Waals surface area contributed by atoms with Crippen LogP contribution in [0.5, 0.6) is 0 Å². The minimum absolute atomic E-state index is 0. The number of aryl methyl sites for hydroxylation is 1. The number of nitrogens with one attached hydrogen (secondary N) is 2. The second kappa shape index (κ2) is 9.39. The van der Waals surface area contributed by atoms with E-state index in [1.54, 1.807) is 0 Å². The Morgan fingerprint density at radius 3 is 2.52 bits per heavy atom. The number of hydrogen-bond donors (Lipinski definition) is 3. The van der Waals surface area contributed by atoms with E-state index in [0.717, 1.165) is 23.5 Å². The summed E-state index contributed by atoms with van der Waals surface area (Å²) in [6.07, 6.45) is -3.45. The van der Waals surface area contributed by atoms with Crippen molar-refractivity contribution in [3.8, 4) is 0 Å². The molecule has 10 heteroatoms. The number of rotatable bonds is 5. The van der Waals surface area contributed by atoms with Crippen LogP contribution in [0.3, 0.4) is 0 Å². The number of aliphatic imine (C=N–C) groups is 1. The van der Waals surface area contributed by atoms with Crippen molar-refractivity contribution in [1.82, 2.24) is 9.97 Å². The number of alkyl halides is 3. The first-order chi connectivity index (χ1) is 11.3. The maximum absolute atomic E-state index is 12.5. The van der Waals surface area contributed by atoms with Gasteiger partial charge in [-0.3, -0.25) is 4.99 Å². The first-order valence-electron chi connectivity index (χ1n) is 7.12. The lowest BCUT2D eigenvalue weighted by atomic mass is 10.2. The monoisotopic (exact) mass is 466 g/mol. The zero-order valence-corrected chi connectivity index (χ0v) is 15.7. The van der Waals surface area contributed by atoms with Crippen LogP contribution < -0.4 is 16.4 Å². The molecule has 2 rings (SSSR count). The van der Waals surface area contributed by atoms with Crippen molar-refractivity contribution in [3.63, 3.8) is 0 Å². The summed E-state index contributed by atoms with van der Waals surface area (Å²) in [7, 11) is 0. The molecule has 0 fully saturated rings. The van der Waals surface area contributed by atoms with Gasteiger partial charge in [0.15, 0.2) is 5.96 Å². The second-order valence-electron chi connectivity index (χ2n) is 4.95. The average molecular weight is 466 g/mol. The number of anilines is 2. The highest BCUT2D eigenvalue weighted by Crippen LogP contribution is 2.27. The highest BCUT2D eigenvalue weighted by Gasteiger charge is 2.32. The Hall–Kier alpha value is -2.11. The van der Waals surface area contributed by atoms with E-state index in [1.807, 2.05) is 31.2 Å². The molecule has 0 spiro atoms. The average Bonchev–Trinajstić information content (AvgIpc) is 2.53. The van der Waals surface area contributed by atoms with Gasteiger partial charge in [0.05, 0.1) is 6.54 Å². The van der Waals surface area contributed by atoms with Crippen LogP contribution in [-0.2, 0) is 6.18 Å². The molecule has 0 aliphatic rings. The standard InChI is InChI=1S/C15H17F3N6.HI/c1-10-2-4-11(5-3-10)23-13(19)20-8-9-22-14-21-7-6-12(24-14)15(16,17)18;/h2-7H,8-9H2,1H3,(H3,19,20,23)(H,21,22,24);1H. The lowest BCUT2D eigenvalue weighted by Gasteiger charge is -2.08. The molecule has 0 amide bonds. The zero-order chi connectivity index (χ0) is 17.6. The third kappa shape index (κ3) is 7.11.